The number of rotatable bonds is 4. The maximum Gasteiger partial charge on any atom is 0.293 e. The fraction of sp³-hybridized carbons (Fsp3) is 0.600. The summed E-state index contributed by atoms with van der Waals surface area (Å²) in [6.07, 6.45) is 3.30. The van der Waals surface area contributed by atoms with Gasteiger partial charge in [-0.05, 0) is 20.8 Å². The lowest BCUT2D eigenvalue weighted by Gasteiger charge is -2.11. The predicted molar refractivity (Wildman–Crippen MR) is 62.7 cm³/mol. The Bertz CT molecular complexity index is 373. The first kappa shape index (κ1) is 12.0. The van der Waals surface area contributed by atoms with Gasteiger partial charge in [-0.3, -0.25) is 4.79 Å². The average Bonchev–Trinajstić information content (AvgIpc) is 2.15. The van der Waals surface area contributed by atoms with Crippen molar-refractivity contribution in [2.24, 2.45) is 0 Å². The molecule has 0 aromatic carbocycles. The first-order valence-corrected chi connectivity index (χ1v) is 5.41. The molecule has 0 saturated carbocycles. The van der Waals surface area contributed by atoms with Gasteiger partial charge < -0.3 is 9.88 Å². The Morgan fingerprint density at radius 1 is 1.53 bits per heavy atom. The first-order chi connectivity index (χ1) is 7.02. The molecule has 0 saturated heterocycles. The minimum atomic E-state index is -0.107. The molecule has 15 heavy (non-hydrogen) atoms. The number of nitrogens with one attached hydrogen (secondary N) is 1. The quantitative estimate of drug-likeness (QED) is 0.802. The zero-order chi connectivity index (χ0) is 11.4. The van der Waals surface area contributed by atoms with Crippen molar-refractivity contribution < 1.29 is 0 Å². The molecule has 0 aliphatic rings. The molecule has 1 rings (SSSR count). The fourth-order valence-corrected chi connectivity index (χ4v) is 1.27. The summed E-state index contributed by atoms with van der Waals surface area (Å²) in [5.74, 6) is 0.360. The second kappa shape index (κ2) is 5.16. The van der Waals surface area contributed by atoms with Gasteiger partial charge in [-0.2, -0.15) is 0 Å². The third kappa shape index (κ3) is 3.23. The molecule has 0 fully saturated rings. The van der Waals surface area contributed by atoms with Crippen molar-refractivity contribution in [3.8, 4) is 0 Å². The number of halogens is 1. The Morgan fingerprint density at radius 2 is 2.20 bits per heavy atom. The van der Waals surface area contributed by atoms with Crippen molar-refractivity contribution in [1.82, 2.24) is 9.55 Å². The number of nitrogens with zero attached hydrogens (tertiary/aromatic N) is 2. The van der Waals surface area contributed by atoms with Crippen LogP contribution in [-0.2, 0) is 0 Å². The highest BCUT2D eigenvalue weighted by molar-refractivity contribution is 6.20. The van der Waals surface area contributed by atoms with Gasteiger partial charge in [0.15, 0.2) is 5.82 Å². The summed E-state index contributed by atoms with van der Waals surface area (Å²) < 4.78 is 1.63. The van der Waals surface area contributed by atoms with Gasteiger partial charge in [-0.25, -0.2) is 4.98 Å². The van der Waals surface area contributed by atoms with Gasteiger partial charge in [0.05, 0.1) is 0 Å². The largest absolute Gasteiger partial charge is 0.364 e. The lowest BCUT2D eigenvalue weighted by molar-refractivity contribution is 0.575. The van der Waals surface area contributed by atoms with Crippen molar-refractivity contribution in [3.05, 3.63) is 22.7 Å². The van der Waals surface area contributed by atoms with Crippen LogP contribution in [-0.4, -0.2) is 21.5 Å². The molecule has 0 spiro atoms. The monoisotopic (exact) mass is 229 g/mol. The third-order valence-corrected chi connectivity index (χ3v) is 2.13. The van der Waals surface area contributed by atoms with Crippen LogP contribution in [0.5, 0.6) is 0 Å². The smallest absolute Gasteiger partial charge is 0.293 e. The van der Waals surface area contributed by atoms with E-state index in [-0.39, 0.29) is 17.0 Å². The lowest BCUT2D eigenvalue weighted by Crippen LogP contribution is -2.27. The van der Waals surface area contributed by atoms with Gasteiger partial charge in [-0.1, -0.05) is 0 Å². The number of alkyl halides is 1. The first-order valence-electron chi connectivity index (χ1n) is 4.97. The highest BCUT2D eigenvalue weighted by Gasteiger charge is 2.07. The standard InChI is InChI=1S/C10H16ClN3O/c1-7(2)14-5-4-12-9(10(14)15)13-6-8(3)11/h4-5,7-8H,6H2,1-3H3,(H,12,13). The molecule has 84 valence electrons. The zero-order valence-electron chi connectivity index (χ0n) is 9.20. The minimum Gasteiger partial charge on any atom is -0.364 e. The zero-order valence-corrected chi connectivity index (χ0v) is 9.95. The summed E-state index contributed by atoms with van der Waals surface area (Å²) in [4.78, 5) is 15.8. The molecule has 1 N–H and O–H groups in total. The van der Waals surface area contributed by atoms with Crippen molar-refractivity contribution in [3.63, 3.8) is 0 Å². The second-order valence-electron chi connectivity index (χ2n) is 3.74. The molecule has 1 aromatic heterocycles. The molecule has 0 aliphatic carbocycles. The molecule has 1 heterocycles. The molecule has 5 heteroatoms. The van der Waals surface area contributed by atoms with E-state index in [2.05, 4.69) is 10.3 Å². The van der Waals surface area contributed by atoms with Crippen LogP contribution in [0.1, 0.15) is 26.8 Å². The van der Waals surface area contributed by atoms with E-state index < -0.39 is 0 Å². The summed E-state index contributed by atoms with van der Waals surface area (Å²) in [7, 11) is 0. The van der Waals surface area contributed by atoms with Crippen LogP contribution in [0.15, 0.2) is 17.2 Å². The van der Waals surface area contributed by atoms with E-state index in [0.29, 0.717) is 12.4 Å². The highest BCUT2D eigenvalue weighted by atomic mass is 35.5. The topological polar surface area (TPSA) is 46.9 Å². The number of anilines is 1. The van der Waals surface area contributed by atoms with Gasteiger partial charge in [-0.15, -0.1) is 11.6 Å². The molecule has 1 unspecified atom stereocenters. The van der Waals surface area contributed by atoms with Gasteiger partial charge in [0.2, 0.25) is 0 Å². The Kier molecular flexibility index (Phi) is 4.15. The van der Waals surface area contributed by atoms with Crippen molar-refractivity contribution in [1.29, 1.82) is 0 Å². The second-order valence-corrected chi connectivity index (χ2v) is 4.49. The number of hydrogen-bond donors (Lipinski definition) is 1. The summed E-state index contributed by atoms with van der Waals surface area (Å²) in [5, 5.41) is 2.90. The fourth-order valence-electron chi connectivity index (χ4n) is 1.19. The minimum absolute atomic E-state index is 0.0288. The van der Waals surface area contributed by atoms with Crippen LogP contribution in [0.2, 0.25) is 0 Å². The van der Waals surface area contributed by atoms with E-state index >= 15 is 0 Å². The lowest BCUT2D eigenvalue weighted by atomic mass is 10.4. The van der Waals surface area contributed by atoms with E-state index in [4.69, 9.17) is 11.6 Å². The number of aromatic nitrogens is 2. The van der Waals surface area contributed by atoms with E-state index in [1.807, 2.05) is 20.8 Å². The molecular formula is C10H16ClN3O. The summed E-state index contributed by atoms with van der Waals surface area (Å²) >= 11 is 5.78. The van der Waals surface area contributed by atoms with Gasteiger partial charge in [0.1, 0.15) is 0 Å². The summed E-state index contributed by atoms with van der Waals surface area (Å²) in [6, 6.07) is 0.134. The van der Waals surface area contributed by atoms with Gasteiger partial charge in [0, 0.05) is 30.4 Å². The molecule has 0 amide bonds. The molecule has 0 aliphatic heterocycles. The molecule has 1 aromatic rings. The predicted octanol–water partition coefficient (Wildman–Crippen LogP) is 1.86. The van der Waals surface area contributed by atoms with Gasteiger partial charge >= 0.3 is 0 Å². The summed E-state index contributed by atoms with van der Waals surface area (Å²) in [6.45, 7) is 6.30. The molecule has 0 bridgehead atoms. The van der Waals surface area contributed by atoms with Crippen molar-refractivity contribution in [2.45, 2.75) is 32.2 Å². The van der Waals surface area contributed by atoms with E-state index in [1.54, 1.807) is 17.0 Å². The van der Waals surface area contributed by atoms with Gasteiger partial charge in [0.25, 0.3) is 5.56 Å². The molecule has 1 atom stereocenters. The Hall–Kier alpha value is -1.03. The molecule has 0 radical (unpaired) electrons. The Morgan fingerprint density at radius 3 is 2.73 bits per heavy atom. The SMILES string of the molecule is CC(Cl)CNc1nccn(C(C)C)c1=O. The molecule has 4 nitrogen and oxygen atoms in total. The summed E-state index contributed by atoms with van der Waals surface area (Å²) in [5.41, 5.74) is -0.107. The highest BCUT2D eigenvalue weighted by Crippen LogP contribution is 2.02. The Balaban J connectivity index is 2.90. The van der Waals surface area contributed by atoms with E-state index in [1.165, 1.54) is 0 Å². The van der Waals surface area contributed by atoms with Crippen LogP contribution in [0.3, 0.4) is 0 Å². The average molecular weight is 230 g/mol. The van der Waals surface area contributed by atoms with Crippen LogP contribution >= 0.6 is 11.6 Å². The van der Waals surface area contributed by atoms with Crippen molar-refractivity contribution in [2.75, 3.05) is 11.9 Å². The number of hydrogen-bond acceptors (Lipinski definition) is 3. The van der Waals surface area contributed by atoms with Crippen LogP contribution in [0.4, 0.5) is 5.82 Å². The normalized spacial score (nSPS) is 12.9. The van der Waals surface area contributed by atoms with Crippen LogP contribution in [0.25, 0.3) is 0 Å². The Labute approximate surface area is 94.3 Å². The van der Waals surface area contributed by atoms with E-state index in [0.717, 1.165) is 0 Å². The maximum absolute atomic E-state index is 11.8. The van der Waals surface area contributed by atoms with Crippen LogP contribution < -0.4 is 10.9 Å². The maximum atomic E-state index is 11.8. The van der Waals surface area contributed by atoms with Crippen LogP contribution in [0, 0.1) is 0 Å². The van der Waals surface area contributed by atoms with E-state index in [9.17, 15) is 4.79 Å². The molecular weight excluding hydrogens is 214 g/mol. The third-order valence-electron chi connectivity index (χ3n) is 1.98. The van der Waals surface area contributed by atoms with Crippen molar-refractivity contribution >= 4 is 17.4 Å².